The summed E-state index contributed by atoms with van der Waals surface area (Å²) in [5, 5.41) is 17.0. The first-order valence-corrected chi connectivity index (χ1v) is 7.45. The van der Waals surface area contributed by atoms with Crippen molar-refractivity contribution in [2.45, 2.75) is 6.54 Å². The summed E-state index contributed by atoms with van der Waals surface area (Å²) in [6.45, 7) is 0.115. The minimum absolute atomic E-state index is 0. The highest BCUT2D eigenvalue weighted by Gasteiger charge is 2.17. The molecule has 150 valence electrons. The van der Waals surface area contributed by atoms with Gasteiger partial charge in [-0.05, 0) is 12.1 Å². The topological polar surface area (TPSA) is 128 Å². The maximum absolute atomic E-state index is 13.3. The Balaban J connectivity index is 0.00000196. The summed E-state index contributed by atoms with van der Waals surface area (Å²) >= 11 is 5.73. The van der Waals surface area contributed by atoms with Crippen LogP contribution in [0.2, 0.25) is 5.02 Å². The fourth-order valence-corrected chi connectivity index (χ4v) is 2.19. The van der Waals surface area contributed by atoms with E-state index in [1.54, 1.807) is 0 Å². The molecule has 0 bridgehead atoms. The van der Waals surface area contributed by atoms with Crippen molar-refractivity contribution in [3.63, 3.8) is 0 Å². The highest BCUT2D eigenvalue weighted by molar-refractivity contribution is 6.34. The molecule has 0 unspecified atom stereocenters. The van der Waals surface area contributed by atoms with Gasteiger partial charge in [-0.25, -0.2) is 13.8 Å². The van der Waals surface area contributed by atoms with Crippen LogP contribution < -0.4 is 10.6 Å². The first-order valence-electron chi connectivity index (χ1n) is 7.08. The summed E-state index contributed by atoms with van der Waals surface area (Å²) in [5.74, 6) is -3.24. The van der Waals surface area contributed by atoms with Crippen molar-refractivity contribution in [3.05, 3.63) is 58.3 Å². The smallest absolute Gasteiger partial charge is 0.269 e. The molecule has 0 radical (unpaired) electrons. The first kappa shape index (κ1) is 23.3. The third-order valence-corrected chi connectivity index (χ3v) is 3.51. The molecule has 0 fully saturated rings. The van der Waals surface area contributed by atoms with E-state index in [2.05, 4.69) is 36.0 Å². The Bertz CT molecular complexity index is 966. The van der Waals surface area contributed by atoms with Gasteiger partial charge in [0, 0.05) is 6.07 Å². The molecule has 2 heterocycles. The zero-order valence-electron chi connectivity index (χ0n) is 13.6. The van der Waals surface area contributed by atoms with E-state index < -0.39 is 23.4 Å². The molecule has 0 aliphatic rings. The molecule has 1 aromatic carbocycles. The fraction of sp³-hybridized carbons (Fsp3) is 0.0714. The van der Waals surface area contributed by atoms with Gasteiger partial charge in [-0.3, -0.25) is 19.8 Å². The Morgan fingerprint density at radius 1 is 1.07 bits per heavy atom. The predicted octanol–water partition coefficient (Wildman–Crippen LogP) is 2.49. The van der Waals surface area contributed by atoms with E-state index in [4.69, 9.17) is 11.6 Å². The number of carbonyl (C=O) groups excluding carboxylic acids is 2. The third kappa shape index (κ3) is 5.38. The van der Waals surface area contributed by atoms with Gasteiger partial charge in [-0.15, -0.1) is 24.8 Å². The highest BCUT2D eigenvalue weighted by Crippen LogP contribution is 2.21. The Hall–Kier alpha value is -2.76. The summed E-state index contributed by atoms with van der Waals surface area (Å²) < 4.78 is 26.3. The average Bonchev–Trinajstić information content (AvgIpc) is 3.27. The second-order valence-corrected chi connectivity index (χ2v) is 5.39. The summed E-state index contributed by atoms with van der Waals surface area (Å²) in [4.78, 5) is 27.9. The van der Waals surface area contributed by atoms with Crippen LogP contribution in [-0.2, 0) is 6.54 Å². The molecular formula is C14H12Cl3F2N7O2. The lowest BCUT2D eigenvalue weighted by Gasteiger charge is -2.05. The normalized spacial score (nSPS) is 9.82. The molecule has 9 nitrogen and oxygen atoms in total. The maximum Gasteiger partial charge on any atom is 0.269 e. The van der Waals surface area contributed by atoms with E-state index in [1.165, 1.54) is 12.4 Å². The molecule has 0 aliphatic carbocycles. The number of nitrogens with zero attached hydrogens (tertiary/aromatic N) is 3. The van der Waals surface area contributed by atoms with Crippen LogP contribution >= 0.6 is 36.4 Å². The number of amides is 2. The van der Waals surface area contributed by atoms with Crippen molar-refractivity contribution >= 4 is 54.0 Å². The van der Waals surface area contributed by atoms with Gasteiger partial charge in [0.05, 0.1) is 17.1 Å². The maximum atomic E-state index is 13.3. The third-order valence-electron chi connectivity index (χ3n) is 3.20. The van der Waals surface area contributed by atoms with Crippen molar-refractivity contribution in [2.75, 3.05) is 5.32 Å². The summed E-state index contributed by atoms with van der Waals surface area (Å²) in [6.07, 6.45) is 1.30. The van der Waals surface area contributed by atoms with Crippen molar-refractivity contribution in [2.24, 2.45) is 0 Å². The summed E-state index contributed by atoms with van der Waals surface area (Å²) in [6, 6.07) is 2.63. The van der Waals surface area contributed by atoms with Crippen LogP contribution in [0.3, 0.4) is 0 Å². The molecule has 0 spiro atoms. The lowest BCUT2D eigenvalue weighted by Crippen LogP contribution is -2.23. The van der Waals surface area contributed by atoms with Crippen LogP contribution in [0.5, 0.6) is 0 Å². The Morgan fingerprint density at radius 2 is 1.79 bits per heavy atom. The first-order chi connectivity index (χ1) is 12.4. The predicted molar refractivity (Wildman–Crippen MR) is 100.0 cm³/mol. The lowest BCUT2D eigenvalue weighted by atomic mass is 10.2. The molecular weight excluding hydrogens is 443 g/mol. The zero-order valence-corrected chi connectivity index (χ0v) is 16.0. The van der Waals surface area contributed by atoms with Gasteiger partial charge in [-0.1, -0.05) is 11.6 Å². The van der Waals surface area contributed by atoms with E-state index >= 15 is 0 Å². The van der Waals surface area contributed by atoms with Crippen molar-refractivity contribution < 1.29 is 18.4 Å². The van der Waals surface area contributed by atoms with E-state index in [0.717, 1.165) is 0 Å². The largest absolute Gasteiger partial charge is 0.343 e. The minimum Gasteiger partial charge on any atom is -0.343 e. The number of aromatic amines is 2. The van der Waals surface area contributed by atoms with Crippen LogP contribution in [0, 0.1) is 11.6 Å². The Morgan fingerprint density at radius 3 is 2.46 bits per heavy atom. The molecule has 4 N–H and O–H groups in total. The van der Waals surface area contributed by atoms with Gasteiger partial charge in [0.2, 0.25) is 0 Å². The van der Waals surface area contributed by atoms with Gasteiger partial charge < -0.3 is 10.6 Å². The van der Waals surface area contributed by atoms with Crippen molar-refractivity contribution in [3.8, 4) is 0 Å². The molecule has 28 heavy (non-hydrogen) atoms. The molecule has 0 saturated heterocycles. The lowest BCUT2D eigenvalue weighted by molar-refractivity contribution is 0.0944. The monoisotopic (exact) mass is 453 g/mol. The van der Waals surface area contributed by atoms with Gasteiger partial charge in [0.25, 0.3) is 11.8 Å². The Kier molecular flexibility index (Phi) is 8.29. The zero-order chi connectivity index (χ0) is 18.7. The van der Waals surface area contributed by atoms with Crippen molar-refractivity contribution in [1.29, 1.82) is 0 Å². The van der Waals surface area contributed by atoms with E-state index in [1.807, 2.05) is 0 Å². The minimum atomic E-state index is -1.21. The number of benzene rings is 1. The van der Waals surface area contributed by atoms with E-state index in [9.17, 15) is 18.4 Å². The number of rotatable bonds is 5. The number of anilines is 1. The number of H-pyrrole nitrogens is 2. The molecule has 0 saturated carbocycles. The van der Waals surface area contributed by atoms with Crippen LogP contribution in [-0.4, -0.2) is 37.2 Å². The fourth-order valence-electron chi connectivity index (χ4n) is 1.96. The molecule has 14 heteroatoms. The van der Waals surface area contributed by atoms with Crippen molar-refractivity contribution in [1.82, 2.24) is 30.7 Å². The Labute approximate surface area is 173 Å². The standard InChI is InChI=1S/C14H10ClF2N7O2.2ClH/c15-7-2-9(17)8(16)1-6(7)13(25)21-11-3-10(22-24-11)14(26)18-4-12-19-5-20-23-12;;/h1-3,5H,4H2,(H,18,26)(H,19,20,23)(H2,21,22,24,25);2*1H. The van der Waals surface area contributed by atoms with Crippen LogP contribution in [0.25, 0.3) is 0 Å². The number of aromatic nitrogens is 5. The van der Waals surface area contributed by atoms with Gasteiger partial charge in [0.15, 0.2) is 17.5 Å². The molecule has 2 amide bonds. The van der Waals surface area contributed by atoms with Gasteiger partial charge >= 0.3 is 0 Å². The number of hydrogen-bond donors (Lipinski definition) is 4. The van der Waals surface area contributed by atoms with Crippen LogP contribution in [0.1, 0.15) is 26.7 Å². The van der Waals surface area contributed by atoms with Crippen LogP contribution in [0.15, 0.2) is 24.5 Å². The summed E-state index contributed by atoms with van der Waals surface area (Å²) in [7, 11) is 0. The molecule has 0 atom stereocenters. The van der Waals surface area contributed by atoms with Crippen LogP contribution in [0.4, 0.5) is 14.6 Å². The second kappa shape index (κ2) is 9.97. The quantitative estimate of drug-likeness (QED) is 0.440. The van der Waals surface area contributed by atoms with E-state index in [-0.39, 0.29) is 53.5 Å². The molecule has 0 aliphatic heterocycles. The number of hydrogen-bond acceptors (Lipinski definition) is 5. The number of nitrogens with one attached hydrogen (secondary N) is 4. The molecule has 3 aromatic rings. The molecule has 3 rings (SSSR count). The SMILES string of the molecule is Cl.Cl.O=C(NCc1ncn[nH]1)c1cc(NC(=O)c2cc(F)c(F)cc2Cl)n[nH]1. The summed E-state index contributed by atoms with van der Waals surface area (Å²) in [5.41, 5.74) is -0.207. The second-order valence-electron chi connectivity index (χ2n) is 4.98. The van der Waals surface area contributed by atoms with Gasteiger partial charge in [-0.2, -0.15) is 10.2 Å². The van der Waals surface area contributed by atoms with E-state index in [0.29, 0.717) is 18.0 Å². The van der Waals surface area contributed by atoms with Gasteiger partial charge in [0.1, 0.15) is 17.8 Å². The molecule has 2 aromatic heterocycles. The average molecular weight is 455 g/mol. The number of halogens is 5. The highest BCUT2D eigenvalue weighted by atomic mass is 35.5. The number of carbonyl (C=O) groups is 2.